The van der Waals surface area contributed by atoms with Crippen LogP contribution in [0.4, 0.5) is 0 Å². The highest BCUT2D eigenvalue weighted by Gasteiger charge is 2.17. The third-order valence-corrected chi connectivity index (χ3v) is 3.15. The second-order valence-corrected chi connectivity index (χ2v) is 4.73. The lowest BCUT2D eigenvalue weighted by Gasteiger charge is -2.19. The highest BCUT2D eigenvalue weighted by molar-refractivity contribution is 6.30. The fourth-order valence-electron chi connectivity index (χ4n) is 1.32. The van der Waals surface area contributed by atoms with Crippen LogP contribution in [-0.4, -0.2) is 25.7 Å². The Morgan fingerprint density at radius 2 is 2.06 bits per heavy atom. The molecule has 0 bridgehead atoms. The number of aromatic nitrogens is 4. The summed E-state index contributed by atoms with van der Waals surface area (Å²) < 4.78 is 7.46. The molecule has 0 aliphatic carbocycles. The van der Waals surface area contributed by atoms with Crippen molar-refractivity contribution in [1.82, 2.24) is 19.6 Å². The van der Waals surface area contributed by atoms with Gasteiger partial charge >= 0.3 is 0 Å². The number of rotatable bonds is 3. The molecule has 2 aromatic rings. The summed E-state index contributed by atoms with van der Waals surface area (Å²) in [5, 5.41) is 4.49. The minimum Gasteiger partial charge on any atom is -0.474 e. The van der Waals surface area contributed by atoms with Gasteiger partial charge in [-0.05, 0) is 19.8 Å². The van der Waals surface area contributed by atoms with Crippen molar-refractivity contribution in [1.29, 1.82) is 0 Å². The first-order valence-corrected chi connectivity index (χ1v) is 5.91. The Kier molecular flexibility index (Phi) is 3.19. The molecule has 0 spiro atoms. The molecule has 0 amide bonds. The Morgan fingerprint density at radius 3 is 2.71 bits per heavy atom. The average Bonchev–Trinajstić information content (AvgIpc) is 2.71. The highest BCUT2D eigenvalue weighted by atomic mass is 35.5. The standard InChI is InChI=1S/C11H15ClN4O/c1-6(2)8(4)17-10-7(3)9(12)15-11-13-5-14-16(10)11/h5-6,8H,1-4H3. The Labute approximate surface area is 105 Å². The fourth-order valence-corrected chi connectivity index (χ4v) is 1.48. The van der Waals surface area contributed by atoms with Gasteiger partial charge in [-0.2, -0.15) is 19.6 Å². The molecule has 2 aromatic heterocycles. The molecule has 17 heavy (non-hydrogen) atoms. The molecule has 0 aliphatic heterocycles. The number of halogens is 1. The second-order valence-electron chi connectivity index (χ2n) is 4.37. The molecule has 1 unspecified atom stereocenters. The molecule has 2 rings (SSSR count). The lowest BCUT2D eigenvalue weighted by molar-refractivity contribution is 0.158. The van der Waals surface area contributed by atoms with Crippen LogP contribution in [0.15, 0.2) is 6.33 Å². The van der Waals surface area contributed by atoms with Crippen molar-refractivity contribution in [2.45, 2.75) is 33.8 Å². The van der Waals surface area contributed by atoms with E-state index in [1.54, 1.807) is 4.52 Å². The smallest absolute Gasteiger partial charge is 0.256 e. The van der Waals surface area contributed by atoms with Crippen molar-refractivity contribution in [3.8, 4) is 5.88 Å². The molecule has 1 atom stereocenters. The Balaban J connectivity index is 2.50. The van der Waals surface area contributed by atoms with E-state index in [9.17, 15) is 0 Å². The summed E-state index contributed by atoms with van der Waals surface area (Å²) in [5.41, 5.74) is 0.775. The molecular weight excluding hydrogens is 240 g/mol. The largest absolute Gasteiger partial charge is 0.474 e. The number of ether oxygens (including phenoxy) is 1. The van der Waals surface area contributed by atoms with Gasteiger partial charge in [0.15, 0.2) is 0 Å². The summed E-state index contributed by atoms with van der Waals surface area (Å²) in [7, 11) is 0. The molecule has 92 valence electrons. The molecule has 2 heterocycles. The minimum absolute atomic E-state index is 0.0690. The van der Waals surface area contributed by atoms with Crippen molar-refractivity contribution in [3.05, 3.63) is 17.0 Å². The van der Waals surface area contributed by atoms with Crippen molar-refractivity contribution >= 4 is 17.4 Å². The van der Waals surface area contributed by atoms with Crippen LogP contribution in [-0.2, 0) is 0 Å². The molecule has 0 saturated carbocycles. The molecule has 0 aromatic carbocycles. The summed E-state index contributed by atoms with van der Waals surface area (Å²) in [6.45, 7) is 8.07. The molecule has 0 fully saturated rings. The van der Waals surface area contributed by atoms with E-state index in [2.05, 4.69) is 28.9 Å². The van der Waals surface area contributed by atoms with Gasteiger partial charge in [0.05, 0.1) is 6.10 Å². The van der Waals surface area contributed by atoms with Crippen LogP contribution in [0.5, 0.6) is 5.88 Å². The summed E-state index contributed by atoms with van der Waals surface area (Å²) in [4.78, 5) is 8.13. The molecule has 5 nitrogen and oxygen atoms in total. The summed E-state index contributed by atoms with van der Waals surface area (Å²) in [6.07, 6.45) is 1.50. The topological polar surface area (TPSA) is 52.3 Å². The van der Waals surface area contributed by atoms with E-state index in [0.29, 0.717) is 22.7 Å². The first kappa shape index (κ1) is 12.1. The van der Waals surface area contributed by atoms with Gasteiger partial charge in [0.2, 0.25) is 5.88 Å². The van der Waals surface area contributed by atoms with Crippen molar-refractivity contribution in [3.63, 3.8) is 0 Å². The van der Waals surface area contributed by atoms with Crippen LogP contribution in [0, 0.1) is 12.8 Å². The molecule has 0 N–H and O–H groups in total. The first-order valence-electron chi connectivity index (χ1n) is 5.53. The van der Waals surface area contributed by atoms with Crippen LogP contribution in [0.2, 0.25) is 5.15 Å². The van der Waals surface area contributed by atoms with Gasteiger partial charge in [-0.25, -0.2) is 0 Å². The highest BCUT2D eigenvalue weighted by Crippen LogP contribution is 2.25. The van der Waals surface area contributed by atoms with E-state index in [1.807, 2.05) is 13.8 Å². The van der Waals surface area contributed by atoms with Gasteiger partial charge in [0.25, 0.3) is 5.78 Å². The number of nitrogens with zero attached hydrogens (tertiary/aromatic N) is 4. The third kappa shape index (κ3) is 2.20. The maximum Gasteiger partial charge on any atom is 0.256 e. The lowest BCUT2D eigenvalue weighted by Crippen LogP contribution is -2.21. The zero-order chi connectivity index (χ0) is 12.6. The SMILES string of the molecule is Cc1c(Cl)nc2ncnn2c1OC(C)C(C)C. The van der Waals surface area contributed by atoms with Crippen molar-refractivity contribution in [2.75, 3.05) is 0 Å². The van der Waals surface area contributed by atoms with Gasteiger partial charge < -0.3 is 4.74 Å². The van der Waals surface area contributed by atoms with E-state index in [-0.39, 0.29) is 6.10 Å². The quantitative estimate of drug-likeness (QED) is 0.790. The van der Waals surface area contributed by atoms with Gasteiger partial charge in [-0.15, -0.1) is 0 Å². The number of hydrogen-bond donors (Lipinski definition) is 0. The average molecular weight is 255 g/mol. The molecule has 0 radical (unpaired) electrons. The first-order chi connectivity index (χ1) is 8.00. The molecule has 0 aliphatic rings. The summed E-state index contributed by atoms with van der Waals surface area (Å²) >= 11 is 6.04. The zero-order valence-electron chi connectivity index (χ0n) is 10.3. The van der Waals surface area contributed by atoms with Crippen LogP contribution in [0.25, 0.3) is 5.78 Å². The Bertz CT molecular complexity index is 537. The number of fused-ring (bicyclic) bond motifs is 1. The lowest BCUT2D eigenvalue weighted by atomic mass is 10.1. The van der Waals surface area contributed by atoms with Gasteiger partial charge in [-0.3, -0.25) is 0 Å². The number of hydrogen-bond acceptors (Lipinski definition) is 4. The van der Waals surface area contributed by atoms with E-state index in [4.69, 9.17) is 16.3 Å². The zero-order valence-corrected chi connectivity index (χ0v) is 11.1. The Hall–Kier alpha value is -1.36. The van der Waals surface area contributed by atoms with Gasteiger partial charge in [0, 0.05) is 5.56 Å². The van der Waals surface area contributed by atoms with Crippen LogP contribution < -0.4 is 4.74 Å². The van der Waals surface area contributed by atoms with Crippen molar-refractivity contribution in [2.24, 2.45) is 5.92 Å². The predicted molar refractivity (Wildman–Crippen MR) is 65.5 cm³/mol. The van der Waals surface area contributed by atoms with E-state index in [1.165, 1.54) is 6.33 Å². The van der Waals surface area contributed by atoms with Crippen LogP contribution >= 0.6 is 11.6 Å². The van der Waals surface area contributed by atoms with E-state index in [0.717, 1.165) is 5.56 Å². The molecular formula is C11H15ClN4O. The minimum atomic E-state index is 0.0690. The van der Waals surface area contributed by atoms with E-state index >= 15 is 0 Å². The van der Waals surface area contributed by atoms with Gasteiger partial charge in [0.1, 0.15) is 11.5 Å². The van der Waals surface area contributed by atoms with E-state index < -0.39 is 0 Å². The van der Waals surface area contributed by atoms with Crippen LogP contribution in [0.3, 0.4) is 0 Å². The van der Waals surface area contributed by atoms with Gasteiger partial charge in [-0.1, -0.05) is 25.4 Å². The monoisotopic (exact) mass is 254 g/mol. The second kappa shape index (κ2) is 4.49. The summed E-state index contributed by atoms with van der Waals surface area (Å²) in [5.74, 6) is 1.46. The maximum absolute atomic E-state index is 6.04. The molecule has 0 saturated heterocycles. The normalized spacial score (nSPS) is 13.3. The third-order valence-electron chi connectivity index (χ3n) is 2.79. The van der Waals surface area contributed by atoms with Crippen molar-refractivity contribution < 1.29 is 4.74 Å². The maximum atomic E-state index is 6.04. The predicted octanol–water partition coefficient (Wildman–Crippen LogP) is 2.51. The Morgan fingerprint density at radius 1 is 1.35 bits per heavy atom. The summed E-state index contributed by atoms with van der Waals surface area (Å²) in [6, 6.07) is 0. The fraction of sp³-hybridized carbons (Fsp3) is 0.545. The van der Waals surface area contributed by atoms with Crippen LogP contribution in [0.1, 0.15) is 26.3 Å². The molecule has 6 heteroatoms.